The van der Waals surface area contributed by atoms with Gasteiger partial charge in [-0.05, 0) is 56.4 Å². The Labute approximate surface area is 117 Å². The molecule has 1 aliphatic heterocycles. The van der Waals surface area contributed by atoms with Gasteiger partial charge in [-0.1, -0.05) is 15.9 Å². The van der Waals surface area contributed by atoms with E-state index in [0.29, 0.717) is 0 Å². The van der Waals surface area contributed by atoms with Crippen LogP contribution in [0, 0.1) is 5.92 Å². The van der Waals surface area contributed by atoms with Gasteiger partial charge in [0, 0.05) is 23.0 Å². The van der Waals surface area contributed by atoms with Gasteiger partial charge in [-0.25, -0.2) is 0 Å². The van der Waals surface area contributed by atoms with Crippen LogP contribution >= 0.6 is 15.9 Å². The van der Waals surface area contributed by atoms with Crippen molar-refractivity contribution in [2.45, 2.75) is 44.8 Å². The lowest BCUT2D eigenvalue weighted by Crippen LogP contribution is -2.46. The van der Waals surface area contributed by atoms with Crippen LogP contribution in [0.2, 0.25) is 0 Å². The molecule has 1 aliphatic carbocycles. The van der Waals surface area contributed by atoms with Crippen molar-refractivity contribution in [1.29, 1.82) is 0 Å². The first-order chi connectivity index (χ1) is 8.54. The lowest BCUT2D eigenvalue weighted by molar-refractivity contribution is 0.202. The van der Waals surface area contributed by atoms with Gasteiger partial charge in [0.1, 0.15) is 11.9 Å². The van der Waals surface area contributed by atoms with E-state index >= 15 is 0 Å². The minimum Gasteiger partial charge on any atom is -0.488 e. The number of nitrogens with one attached hydrogen (secondary N) is 1. The lowest BCUT2D eigenvalue weighted by Gasteiger charge is -2.27. The molecule has 1 saturated carbocycles. The molecule has 2 aliphatic rings. The molecule has 0 bridgehead atoms. The maximum absolute atomic E-state index is 5.97. The van der Waals surface area contributed by atoms with Crippen molar-refractivity contribution in [3.8, 4) is 5.75 Å². The van der Waals surface area contributed by atoms with Gasteiger partial charge in [0.15, 0.2) is 0 Å². The van der Waals surface area contributed by atoms with Crippen molar-refractivity contribution in [1.82, 2.24) is 5.32 Å². The molecule has 0 radical (unpaired) electrons. The zero-order chi connectivity index (χ0) is 12.8. The molecule has 1 aromatic rings. The Morgan fingerprint density at radius 2 is 2.17 bits per heavy atom. The summed E-state index contributed by atoms with van der Waals surface area (Å²) >= 11 is 3.51. The van der Waals surface area contributed by atoms with E-state index in [0.717, 1.165) is 29.1 Å². The van der Waals surface area contributed by atoms with Crippen LogP contribution in [0.4, 0.5) is 0 Å². The highest BCUT2D eigenvalue weighted by molar-refractivity contribution is 9.10. The fraction of sp³-hybridized carbons (Fsp3) is 0.600. The second-order valence-corrected chi connectivity index (χ2v) is 6.99. The van der Waals surface area contributed by atoms with Crippen molar-refractivity contribution in [2.75, 3.05) is 6.54 Å². The van der Waals surface area contributed by atoms with Gasteiger partial charge in [0.25, 0.3) is 0 Å². The summed E-state index contributed by atoms with van der Waals surface area (Å²) in [5.41, 5.74) is 1.58. The van der Waals surface area contributed by atoms with Gasteiger partial charge >= 0.3 is 0 Å². The third kappa shape index (κ3) is 2.57. The van der Waals surface area contributed by atoms with Crippen LogP contribution in [-0.2, 0) is 6.42 Å². The molecule has 1 fully saturated rings. The summed E-state index contributed by atoms with van der Waals surface area (Å²) in [5.74, 6) is 1.91. The zero-order valence-electron chi connectivity index (χ0n) is 11.0. The van der Waals surface area contributed by atoms with E-state index in [1.807, 2.05) is 6.07 Å². The summed E-state index contributed by atoms with van der Waals surface area (Å²) in [7, 11) is 0. The number of halogens is 1. The van der Waals surface area contributed by atoms with Gasteiger partial charge in [-0.15, -0.1) is 0 Å². The molecule has 0 spiro atoms. The fourth-order valence-corrected chi connectivity index (χ4v) is 3.14. The Hall–Kier alpha value is -0.540. The Morgan fingerprint density at radius 1 is 1.39 bits per heavy atom. The van der Waals surface area contributed by atoms with E-state index in [4.69, 9.17) is 4.74 Å². The Morgan fingerprint density at radius 3 is 2.89 bits per heavy atom. The summed E-state index contributed by atoms with van der Waals surface area (Å²) in [5, 5.41) is 3.68. The predicted molar refractivity (Wildman–Crippen MR) is 77.1 cm³/mol. The first-order valence-corrected chi connectivity index (χ1v) is 7.54. The van der Waals surface area contributed by atoms with E-state index in [1.165, 1.54) is 18.4 Å². The first-order valence-electron chi connectivity index (χ1n) is 6.75. The quantitative estimate of drug-likeness (QED) is 0.918. The minimum absolute atomic E-state index is 0.263. The number of rotatable bonds is 4. The van der Waals surface area contributed by atoms with Crippen LogP contribution in [0.3, 0.4) is 0 Å². The standard InChI is InChI=1S/C15H20BrNO/c1-15(2,11-3-4-11)17-9-13-8-10-7-12(16)5-6-14(10)18-13/h5-7,11,13,17H,3-4,8-9H2,1-2H3. The van der Waals surface area contributed by atoms with Gasteiger partial charge in [0.2, 0.25) is 0 Å². The Balaban J connectivity index is 1.57. The summed E-state index contributed by atoms with van der Waals surface area (Å²) < 4.78 is 7.11. The van der Waals surface area contributed by atoms with Crippen LogP contribution in [0.15, 0.2) is 22.7 Å². The lowest BCUT2D eigenvalue weighted by atomic mass is 9.98. The molecule has 0 amide bonds. The number of ether oxygens (including phenoxy) is 1. The summed E-state index contributed by atoms with van der Waals surface area (Å²) in [4.78, 5) is 0. The summed E-state index contributed by atoms with van der Waals surface area (Å²) in [6.45, 7) is 5.56. The molecule has 1 atom stereocenters. The molecule has 1 heterocycles. The largest absolute Gasteiger partial charge is 0.488 e. The molecular weight excluding hydrogens is 290 g/mol. The van der Waals surface area contributed by atoms with Crippen LogP contribution < -0.4 is 10.1 Å². The summed E-state index contributed by atoms with van der Waals surface area (Å²) in [6, 6.07) is 6.27. The molecule has 2 nitrogen and oxygen atoms in total. The van der Waals surface area contributed by atoms with E-state index in [9.17, 15) is 0 Å². The third-order valence-corrected chi connectivity index (χ3v) is 4.64. The van der Waals surface area contributed by atoms with Gasteiger partial charge < -0.3 is 10.1 Å². The van der Waals surface area contributed by atoms with Gasteiger partial charge in [0.05, 0.1) is 0 Å². The highest BCUT2D eigenvalue weighted by atomic mass is 79.9. The fourth-order valence-electron chi connectivity index (χ4n) is 2.73. The Bertz CT molecular complexity index is 454. The van der Waals surface area contributed by atoms with Crippen molar-refractivity contribution < 1.29 is 4.74 Å². The highest BCUT2D eigenvalue weighted by Gasteiger charge is 2.38. The molecule has 1 aromatic carbocycles. The third-order valence-electron chi connectivity index (χ3n) is 4.15. The predicted octanol–water partition coefficient (Wildman–Crippen LogP) is 3.53. The zero-order valence-corrected chi connectivity index (χ0v) is 12.6. The Kier molecular flexibility index (Phi) is 3.15. The van der Waals surface area contributed by atoms with Gasteiger partial charge in [-0.3, -0.25) is 0 Å². The molecule has 3 heteroatoms. The number of hydrogen-bond acceptors (Lipinski definition) is 2. The number of fused-ring (bicyclic) bond motifs is 1. The van der Waals surface area contributed by atoms with Gasteiger partial charge in [-0.2, -0.15) is 0 Å². The van der Waals surface area contributed by atoms with Crippen molar-refractivity contribution >= 4 is 15.9 Å². The molecule has 1 N–H and O–H groups in total. The van der Waals surface area contributed by atoms with E-state index in [1.54, 1.807) is 0 Å². The van der Waals surface area contributed by atoms with E-state index in [2.05, 4.69) is 47.2 Å². The normalized spacial score (nSPS) is 22.7. The molecule has 98 valence electrons. The van der Waals surface area contributed by atoms with E-state index < -0.39 is 0 Å². The average molecular weight is 310 g/mol. The second kappa shape index (κ2) is 4.53. The van der Waals surface area contributed by atoms with Crippen LogP contribution in [0.1, 0.15) is 32.3 Å². The van der Waals surface area contributed by atoms with Crippen LogP contribution in [-0.4, -0.2) is 18.2 Å². The maximum Gasteiger partial charge on any atom is 0.123 e. The first kappa shape index (κ1) is 12.5. The highest BCUT2D eigenvalue weighted by Crippen LogP contribution is 2.39. The molecule has 1 unspecified atom stereocenters. The minimum atomic E-state index is 0.263. The molecule has 0 aromatic heterocycles. The maximum atomic E-state index is 5.97. The van der Waals surface area contributed by atoms with Crippen molar-refractivity contribution in [2.24, 2.45) is 5.92 Å². The number of benzene rings is 1. The second-order valence-electron chi connectivity index (χ2n) is 6.07. The van der Waals surface area contributed by atoms with Crippen molar-refractivity contribution in [3.05, 3.63) is 28.2 Å². The topological polar surface area (TPSA) is 21.3 Å². The number of hydrogen-bond donors (Lipinski definition) is 1. The van der Waals surface area contributed by atoms with Crippen LogP contribution in [0.5, 0.6) is 5.75 Å². The summed E-state index contributed by atoms with van der Waals surface area (Å²) in [6.07, 6.45) is 4.05. The average Bonchev–Trinajstić information content (AvgIpc) is 3.09. The molecular formula is C15H20BrNO. The van der Waals surface area contributed by atoms with E-state index in [-0.39, 0.29) is 11.6 Å². The molecule has 18 heavy (non-hydrogen) atoms. The molecule has 3 rings (SSSR count). The smallest absolute Gasteiger partial charge is 0.123 e. The SMILES string of the molecule is CC(C)(NCC1Cc2cc(Br)ccc2O1)C1CC1. The van der Waals surface area contributed by atoms with Crippen molar-refractivity contribution in [3.63, 3.8) is 0 Å². The molecule has 0 saturated heterocycles. The van der Waals surface area contributed by atoms with Crippen LogP contribution in [0.25, 0.3) is 0 Å². The monoisotopic (exact) mass is 309 g/mol.